The van der Waals surface area contributed by atoms with E-state index in [4.69, 9.17) is 11.6 Å². The topological polar surface area (TPSA) is 47.8 Å². The number of rotatable bonds is 3. The van der Waals surface area contributed by atoms with Gasteiger partial charge in [0.25, 0.3) is 0 Å². The fraction of sp³-hybridized carbons (Fsp3) is 0.250. The lowest BCUT2D eigenvalue weighted by molar-refractivity contribution is 0.0992. The number of hydrogen-bond donors (Lipinski definition) is 0. The lowest BCUT2D eigenvalue weighted by Crippen LogP contribution is -2.04. The van der Waals surface area contributed by atoms with Gasteiger partial charge in [0.1, 0.15) is 5.15 Å². The standard InChI is InChI=1S/C12H12ClN3O/c1-8-10(12(13)16(2)15-8)6-11(17)9-4-3-5-14-7-9/h3-5,7H,6H2,1-2H3. The molecule has 0 aromatic carbocycles. The molecule has 0 saturated heterocycles. The fourth-order valence-electron chi connectivity index (χ4n) is 1.67. The molecule has 4 nitrogen and oxygen atoms in total. The summed E-state index contributed by atoms with van der Waals surface area (Å²) in [6.45, 7) is 1.84. The summed E-state index contributed by atoms with van der Waals surface area (Å²) in [6, 6.07) is 3.49. The SMILES string of the molecule is Cc1nn(C)c(Cl)c1CC(=O)c1cccnc1. The van der Waals surface area contributed by atoms with Crippen molar-refractivity contribution in [3.8, 4) is 0 Å². The summed E-state index contributed by atoms with van der Waals surface area (Å²) < 4.78 is 1.57. The Balaban J connectivity index is 2.25. The van der Waals surface area contributed by atoms with E-state index < -0.39 is 0 Å². The molecule has 0 aliphatic rings. The maximum atomic E-state index is 12.0. The molecule has 0 bridgehead atoms. The van der Waals surface area contributed by atoms with Crippen LogP contribution in [0.4, 0.5) is 0 Å². The second kappa shape index (κ2) is 4.67. The van der Waals surface area contributed by atoms with Gasteiger partial charge >= 0.3 is 0 Å². The molecule has 17 heavy (non-hydrogen) atoms. The van der Waals surface area contributed by atoms with Gasteiger partial charge in [-0.2, -0.15) is 5.10 Å². The van der Waals surface area contributed by atoms with E-state index in [1.165, 1.54) is 0 Å². The minimum Gasteiger partial charge on any atom is -0.294 e. The number of ketones is 1. The van der Waals surface area contributed by atoms with Crippen molar-refractivity contribution in [1.29, 1.82) is 0 Å². The van der Waals surface area contributed by atoms with Gasteiger partial charge in [-0.05, 0) is 19.1 Å². The average Bonchev–Trinajstić information content (AvgIpc) is 2.57. The molecule has 88 valence electrons. The van der Waals surface area contributed by atoms with Crippen molar-refractivity contribution in [3.05, 3.63) is 46.5 Å². The normalized spacial score (nSPS) is 10.5. The number of Topliss-reactive ketones (excluding diaryl/α,β-unsaturated/α-hetero) is 1. The van der Waals surface area contributed by atoms with Gasteiger partial charge in [0, 0.05) is 37.0 Å². The van der Waals surface area contributed by atoms with E-state index in [-0.39, 0.29) is 12.2 Å². The van der Waals surface area contributed by atoms with Crippen molar-refractivity contribution in [1.82, 2.24) is 14.8 Å². The number of pyridine rings is 1. The molecule has 0 amide bonds. The van der Waals surface area contributed by atoms with Gasteiger partial charge in [-0.25, -0.2) is 0 Å². The van der Waals surface area contributed by atoms with Crippen molar-refractivity contribution in [2.45, 2.75) is 13.3 Å². The summed E-state index contributed by atoms with van der Waals surface area (Å²) in [5, 5.41) is 4.69. The third kappa shape index (κ3) is 2.36. The molecule has 2 heterocycles. The Morgan fingerprint density at radius 1 is 1.53 bits per heavy atom. The van der Waals surface area contributed by atoms with Crippen LogP contribution in [-0.4, -0.2) is 20.5 Å². The molecule has 2 rings (SSSR count). The molecule has 0 atom stereocenters. The Labute approximate surface area is 104 Å². The van der Waals surface area contributed by atoms with Crippen molar-refractivity contribution >= 4 is 17.4 Å². The average molecular weight is 250 g/mol. The fourth-order valence-corrected chi connectivity index (χ4v) is 1.91. The van der Waals surface area contributed by atoms with Crippen LogP contribution in [-0.2, 0) is 13.5 Å². The van der Waals surface area contributed by atoms with E-state index in [2.05, 4.69) is 10.1 Å². The molecule has 0 aliphatic carbocycles. The number of hydrogen-bond acceptors (Lipinski definition) is 3. The van der Waals surface area contributed by atoms with Gasteiger partial charge < -0.3 is 0 Å². The molecular weight excluding hydrogens is 238 g/mol. The van der Waals surface area contributed by atoms with Crippen molar-refractivity contribution in [2.75, 3.05) is 0 Å². The second-order valence-electron chi connectivity index (χ2n) is 3.82. The van der Waals surface area contributed by atoms with E-state index >= 15 is 0 Å². The Morgan fingerprint density at radius 3 is 2.82 bits per heavy atom. The molecule has 0 unspecified atom stereocenters. The summed E-state index contributed by atoms with van der Waals surface area (Å²) in [5.41, 5.74) is 2.16. The molecule has 0 saturated carbocycles. The predicted molar refractivity (Wildman–Crippen MR) is 65.2 cm³/mol. The molecule has 0 radical (unpaired) electrons. The van der Waals surface area contributed by atoms with Gasteiger partial charge in [0.15, 0.2) is 5.78 Å². The monoisotopic (exact) mass is 249 g/mol. The smallest absolute Gasteiger partial charge is 0.168 e. The van der Waals surface area contributed by atoms with Crippen LogP contribution < -0.4 is 0 Å². The Bertz CT molecular complexity index is 548. The van der Waals surface area contributed by atoms with Crippen LogP contribution in [0, 0.1) is 6.92 Å². The van der Waals surface area contributed by atoms with Crippen molar-refractivity contribution < 1.29 is 4.79 Å². The molecule has 0 aliphatic heterocycles. The van der Waals surface area contributed by atoms with Crippen molar-refractivity contribution in [3.63, 3.8) is 0 Å². The molecule has 0 spiro atoms. The minimum absolute atomic E-state index is 0.00361. The quantitative estimate of drug-likeness (QED) is 0.784. The number of aromatic nitrogens is 3. The number of nitrogens with zero attached hydrogens (tertiary/aromatic N) is 3. The van der Waals surface area contributed by atoms with Gasteiger partial charge in [-0.1, -0.05) is 11.6 Å². The van der Waals surface area contributed by atoms with Crippen LogP contribution >= 0.6 is 11.6 Å². The first kappa shape index (κ1) is 11.8. The molecule has 0 N–H and O–H groups in total. The molecular formula is C12H12ClN3O. The maximum Gasteiger partial charge on any atom is 0.168 e. The Hall–Kier alpha value is -1.68. The first-order valence-electron chi connectivity index (χ1n) is 5.21. The summed E-state index contributed by atoms with van der Waals surface area (Å²) in [5.74, 6) is -0.00361. The third-order valence-electron chi connectivity index (χ3n) is 2.59. The summed E-state index contributed by atoms with van der Waals surface area (Å²) in [6.07, 6.45) is 3.45. The van der Waals surface area contributed by atoms with E-state index in [0.29, 0.717) is 10.7 Å². The predicted octanol–water partition coefficient (Wildman–Crippen LogP) is 2.20. The van der Waals surface area contributed by atoms with E-state index in [1.54, 1.807) is 36.3 Å². The zero-order valence-corrected chi connectivity index (χ0v) is 10.4. The van der Waals surface area contributed by atoms with Crippen molar-refractivity contribution in [2.24, 2.45) is 7.05 Å². The molecule has 0 fully saturated rings. The highest BCUT2D eigenvalue weighted by molar-refractivity contribution is 6.30. The minimum atomic E-state index is -0.00361. The third-order valence-corrected chi connectivity index (χ3v) is 3.06. The first-order chi connectivity index (χ1) is 8.09. The summed E-state index contributed by atoms with van der Waals surface area (Å²) in [7, 11) is 1.76. The highest BCUT2D eigenvalue weighted by Crippen LogP contribution is 2.20. The number of carbonyl (C=O) groups excluding carboxylic acids is 1. The Kier molecular flexibility index (Phi) is 3.24. The van der Waals surface area contributed by atoms with Crippen LogP contribution in [0.3, 0.4) is 0 Å². The van der Waals surface area contributed by atoms with Crippen LogP contribution in [0.2, 0.25) is 5.15 Å². The maximum absolute atomic E-state index is 12.0. The molecule has 5 heteroatoms. The zero-order valence-electron chi connectivity index (χ0n) is 9.64. The second-order valence-corrected chi connectivity index (χ2v) is 4.18. The lowest BCUT2D eigenvalue weighted by atomic mass is 10.1. The van der Waals surface area contributed by atoms with E-state index in [0.717, 1.165) is 11.3 Å². The van der Waals surface area contributed by atoms with Gasteiger partial charge in [0.05, 0.1) is 5.69 Å². The zero-order chi connectivity index (χ0) is 12.4. The Morgan fingerprint density at radius 2 is 2.29 bits per heavy atom. The highest BCUT2D eigenvalue weighted by Gasteiger charge is 2.15. The van der Waals surface area contributed by atoms with Gasteiger partial charge in [-0.15, -0.1) is 0 Å². The number of aryl methyl sites for hydroxylation is 2. The number of carbonyl (C=O) groups is 1. The van der Waals surface area contributed by atoms with E-state index in [1.807, 2.05) is 6.92 Å². The highest BCUT2D eigenvalue weighted by atomic mass is 35.5. The summed E-state index contributed by atoms with van der Waals surface area (Å²) >= 11 is 6.08. The summed E-state index contributed by atoms with van der Waals surface area (Å²) in [4.78, 5) is 15.9. The van der Waals surface area contributed by atoms with Gasteiger partial charge in [0.2, 0.25) is 0 Å². The van der Waals surface area contributed by atoms with Crippen LogP contribution in [0.15, 0.2) is 24.5 Å². The largest absolute Gasteiger partial charge is 0.294 e. The van der Waals surface area contributed by atoms with E-state index in [9.17, 15) is 4.79 Å². The van der Waals surface area contributed by atoms with Crippen LogP contribution in [0.25, 0.3) is 0 Å². The molecule has 2 aromatic rings. The molecule has 2 aromatic heterocycles. The number of halogens is 1. The van der Waals surface area contributed by atoms with Gasteiger partial charge in [-0.3, -0.25) is 14.5 Å². The first-order valence-corrected chi connectivity index (χ1v) is 5.58. The van der Waals surface area contributed by atoms with Crippen LogP contribution in [0.1, 0.15) is 21.6 Å². The van der Waals surface area contributed by atoms with Crippen LogP contribution in [0.5, 0.6) is 0 Å². The lowest BCUT2D eigenvalue weighted by Gasteiger charge is -2.00.